The summed E-state index contributed by atoms with van der Waals surface area (Å²) in [5.41, 5.74) is 3.92. The van der Waals surface area contributed by atoms with Crippen molar-refractivity contribution in [2.75, 3.05) is 7.11 Å². The Bertz CT molecular complexity index is 660. The van der Waals surface area contributed by atoms with E-state index in [2.05, 4.69) is 54.3 Å². The highest BCUT2D eigenvalue weighted by molar-refractivity contribution is 5.28. The lowest BCUT2D eigenvalue weighted by molar-refractivity contribution is 0.0665. The number of aliphatic hydroxyl groups excluding tert-OH is 1. The molecule has 1 N–H and O–H groups in total. The molecule has 2 aromatic carbocycles. The van der Waals surface area contributed by atoms with E-state index in [4.69, 9.17) is 4.74 Å². The van der Waals surface area contributed by atoms with Crippen molar-refractivity contribution in [3.63, 3.8) is 0 Å². The zero-order valence-electron chi connectivity index (χ0n) is 15.3. The van der Waals surface area contributed by atoms with Crippen LogP contribution < -0.4 is 4.74 Å². The van der Waals surface area contributed by atoms with Crippen LogP contribution in [0, 0.1) is 6.92 Å². The molecule has 0 bridgehead atoms. The summed E-state index contributed by atoms with van der Waals surface area (Å²) in [6.45, 7) is 3.98. The second kappa shape index (κ2) is 8.50. The van der Waals surface area contributed by atoms with Gasteiger partial charge < -0.3 is 9.84 Å². The summed E-state index contributed by atoms with van der Waals surface area (Å²) in [6.07, 6.45) is 3.84. The van der Waals surface area contributed by atoms with Crippen LogP contribution in [0.1, 0.15) is 42.4 Å². The smallest absolute Gasteiger partial charge is 0.119 e. The maximum absolute atomic E-state index is 9.85. The SMILES string of the molecule is COc1cccc(CN(Cc2ccc(C)cc2)C2CCC(O)CC2)c1. The number of aryl methyl sites for hydroxylation is 1. The predicted octanol–water partition coefficient (Wildman–Crippen LogP) is 4.31. The number of ether oxygens (including phenoxy) is 1. The van der Waals surface area contributed by atoms with Gasteiger partial charge in [0.2, 0.25) is 0 Å². The van der Waals surface area contributed by atoms with Crippen molar-refractivity contribution in [3.8, 4) is 5.75 Å². The molecule has 0 radical (unpaired) electrons. The van der Waals surface area contributed by atoms with Crippen LogP contribution in [0.2, 0.25) is 0 Å². The highest BCUT2D eigenvalue weighted by Crippen LogP contribution is 2.27. The topological polar surface area (TPSA) is 32.7 Å². The van der Waals surface area contributed by atoms with Gasteiger partial charge in [-0.1, -0.05) is 42.0 Å². The molecule has 0 aliphatic heterocycles. The van der Waals surface area contributed by atoms with Crippen molar-refractivity contribution in [2.45, 2.75) is 57.8 Å². The van der Waals surface area contributed by atoms with E-state index in [1.54, 1.807) is 7.11 Å². The van der Waals surface area contributed by atoms with Gasteiger partial charge >= 0.3 is 0 Å². The number of nitrogens with zero attached hydrogens (tertiary/aromatic N) is 1. The van der Waals surface area contributed by atoms with E-state index in [-0.39, 0.29) is 6.10 Å². The molecule has 3 rings (SSSR count). The summed E-state index contributed by atoms with van der Waals surface area (Å²) in [6, 6.07) is 17.7. The summed E-state index contributed by atoms with van der Waals surface area (Å²) in [7, 11) is 1.71. The van der Waals surface area contributed by atoms with Crippen molar-refractivity contribution in [1.82, 2.24) is 4.90 Å². The lowest BCUT2D eigenvalue weighted by atomic mass is 9.91. The first-order valence-corrected chi connectivity index (χ1v) is 9.24. The average Bonchev–Trinajstić information content (AvgIpc) is 2.64. The summed E-state index contributed by atoms with van der Waals surface area (Å²) in [5, 5.41) is 9.85. The number of aliphatic hydroxyl groups is 1. The molecule has 1 fully saturated rings. The molecule has 25 heavy (non-hydrogen) atoms. The van der Waals surface area contributed by atoms with Crippen LogP contribution in [0.4, 0.5) is 0 Å². The first-order chi connectivity index (χ1) is 12.1. The number of hydrogen-bond acceptors (Lipinski definition) is 3. The first-order valence-electron chi connectivity index (χ1n) is 9.24. The van der Waals surface area contributed by atoms with Gasteiger partial charge in [0.05, 0.1) is 13.2 Å². The van der Waals surface area contributed by atoms with E-state index in [0.29, 0.717) is 6.04 Å². The third-order valence-electron chi connectivity index (χ3n) is 5.21. The number of benzene rings is 2. The molecule has 3 nitrogen and oxygen atoms in total. The number of methoxy groups -OCH3 is 1. The Morgan fingerprint density at radius 3 is 2.32 bits per heavy atom. The number of rotatable bonds is 6. The zero-order valence-corrected chi connectivity index (χ0v) is 15.3. The van der Waals surface area contributed by atoms with Gasteiger partial charge in [-0.2, -0.15) is 0 Å². The molecule has 1 aliphatic rings. The Hall–Kier alpha value is -1.84. The van der Waals surface area contributed by atoms with Crippen LogP contribution in [0.5, 0.6) is 5.75 Å². The highest BCUT2D eigenvalue weighted by Gasteiger charge is 2.25. The van der Waals surface area contributed by atoms with Gasteiger partial charge in [-0.3, -0.25) is 4.90 Å². The predicted molar refractivity (Wildman–Crippen MR) is 102 cm³/mol. The molecular formula is C22H29NO2. The van der Waals surface area contributed by atoms with Gasteiger partial charge in [-0.05, 0) is 55.9 Å². The summed E-state index contributed by atoms with van der Waals surface area (Å²) in [4.78, 5) is 2.56. The van der Waals surface area contributed by atoms with Crippen LogP contribution in [0.3, 0.4) is 0 Å². The minimum absolute atomic E-state index is 0.116. The maximum Gasteiger partial charge on any atom is 0.119 e. The Kier molecular flexibility index (Phi) is 6.11. The fraction of sp³-hybridized carbons (Fsp3) is 0.455. The van der Waals surface area contributed by atoms with Crippen molar-refractivity contribution in [3.05, 3.63) is 65.2 Å². The van der Waals surface area contributed by atoms with Gasteiger partial charge in [0.15, 0.2) is 0 Å². The fourth-order valence-electron chi connectivity index (χ4n) is 3.67. The van der Waals surface area contributed by atoms with Gasteiger partial charge in [0.25, 0.3) is 0 Å². The van der Waals surface area contributed by atoms with Crippen molar-refractivity contribution >= 4 is 0 Å². The molecule has 0 atom stereocenters. The molecule has 0 saturated heterocycles. The van der Waals surface area contributed by atoms with E-state index in [1.807, 2.05) is 6.07 Å². The van der Waals surface area contributed by atoms with E-state index >= 15 is 0 Å². The molecule has 0 spiro atoms. The van der Waals surface area contributed by atoms with Crippen LogP contribution in [-0.4, -0.2) is 29.3 Å². The minimum atomic E-state index is -0.116. The second-order valence-corrected chi connectivity index (χ2v) is 7.20. The summed E-state index contributed by atoms with van der Waals surface area (Å²) < 4.78 is 5.38. The highest BCUT2D eigenvalue weighted by atomic mass is 16.5. The standard InChI is InChI=1S/C22H29NO2/c1-17-6-8-18(9-7-17)15-23(20-10-12-21(24)13-11-20)16-19-4-3-5-22(14-19)25-2/h3-9,14,20-21,24H,10-13,15-16H2,1-2H3. The monoisotopic (exact) mass is 339 g/mol. The molecule has 1 saturated carbocycles. The van der Waals surface area contributed by atoms with Crippen molar-refractivity contribution < 1.29 is 9.84 Å². The molecule has 0 heterocycles. The molecule has 1 aliphatic carbocycles. The lowest BCUT2D eigenvalue weighted by Crippen LogP contribution is -2.38. The minimum Gasteiger partial charge on any atom is -0.497 e. The van der Waals surface area contributed by atoms with Crippen molar-refractivity contribution in [1.29, 1.82) is 0 Å². The van der Waals surface area contributed by atoms with E-state index in [1.165, 1.54) is 16.7 Å². The van der Waals surface area contributed by atoms with Crippen molar-refractivity contribution in [2.24, 2.45) is 0 Å². The average molecular weight is 339 g/mol. The largest absolute Gasteiger partial charge is 0.497 e. The van der Waals surface area contributed by atoms with Crippen LogP contribution in [0.25, 0.3) is 0 Å². The second-order valence-electron chi connectivity index (χ2n) is 7.20. The Balaban J connectivity index is 1.76. The van der Waals surface area contributed by atoms with Crippen LogP contribution in [0.15, 0.2) is 48.5 Å². The summed E-state index contributed by atoms with van der Waals surface area (Å²) >= 11 is 0. The normalized spacial score (nSPS) is 20.6. The van der Waals surface area contributed by atoms with E-state index in [0.717, 1.165) is 44.5 Å². The third kappa shape index (κ3) is 5.07. The molecule has 0 unspecified atom stereocenters. The molecule has 3 heteroatoms. The van der Waals surface area contributed by atoms with Crippen LogP contribution >= 0.6 is 0 Å². The van der Waals surface area contributed by atoms with Crippen LogP contribution in [-0.2, 0) is 13.1 Å². The third-order valence-corrected chi connectivity index (χ3v) is 5.21. The molecular weight excluding hydrogens is 310 g/mol. The Morgan fingerprint density at radius 2 is 1.64 bits per heavy atom. The molecule has 0 aromatic heterocycles. The van der Waals surface area contributed by atoms with Gasteiger partial charge in [-0.15, -0.1) is 0 Å². The molecule has 2 aromatic rings. The van der Waals surface area contributed by atoms with E-state index in [9.17, 15) is 5.11 Å². The molecule has 0 amide bonds. The van der Waals surface area contributed by atoms with Gasteiger partial charge in [0.1, 0.15) is 5.75 Å². The van der Waals surface area contributed by atoms with Gasteiger partial charge in [-0.25, -0.2) is 0 Å². The molecule has 134 valence electrons. The quantitative estimate of drug-likeness (QED) is 0.851. The lowest BCUT2D eigenvalue weighted by Gasteiger charge is -2.36. The zero-order chi connectivity index (χ0) is 17.6. The first kappa shape index (κ1) is 18.0. The number of hydrogen-bond donors (Lipinski definition) is 1. The van der Waals surface area contributed by atoms with Gasteiger partial charge in [0, 0.05) is 19.1 Å². The maximum atomic E-state index is 9.85. The van der Waals surface area contributed by atoms with E-state index < -0.39 is 0 Å². The summed E-state index contributed by atoms with van der Waals surface area (Å²) in [5.74, 6) is 0.909. The Labute approximate surface area is 151 Å². The fourth-order valence-corrected chi connectivity index (χ4v) is 3.67. The Morgan fingerprint density at radius 1 is 0.960 bits per heavy atom.